The van der Waals surface area contributed by atoms with Gasteiger partial charge in [-0.05, 0) is 37.1 Å². The molecule has 1 aromatic rings. The SMILES string of the molecule is CCCCCC(=O)Nc1ccc(F)cc1C. The topological polar surface area (TPSA) is 29.1 Å². The molecule has 3 heteroatoms. The van der Waals surface area contributed by atoms with Crippen LogP contribution in [-0.4, -0.2) is 5.91 Å². The number of anilines is 1. The van der Waals surface area contributed by atoms with Gasteiger partial charge in [-0.2, -0.15) is 0 Å². The van der Waals surface area contributed by atoms with Crippen LogP contribution in [0, 0.1) is 12.7 Å². The van der Waals surface area contributed by atoms with Crippen molar-refractivity contribution in [2.24, 2.45) is 0 Å². The Bertz CT molecular complexity index is 363. The lowest BCUT2D eigenvalue weighted by atomic mass is 10.1. The number of hydrogen-bond donors (Lipinski definition) is 1. The molecule has 1 amide bonds. The molecule has 0 fully saturated rings. The number of carbonyl (C=O) groups is 1. The van der Waals surface area contributed by atoms with E-state index in [0.29, 0.717) is 12.1 Å². The third-order valence-corrected chi connectivity index (χ3v) is 2.47. The zero-order chi connectivity index (χ0) is 12.0. The Morgan fingerprint density at radius 3 is 2.75 bits per heavy atom. The highest BCUT2D eigenvalue weighted by Crippen LogP contribution is 2.16. The molecule has 1 N–H and O–H groups in total. The first-order valence-corrected chi connectivity index (χ1v) is 5.69. The summed E-state index contributed by atoms with van der Waals surface area (Å²) >= 11 is 0. The van der Waals surface area contributed by atoms with Crippen LogP contribution in [0.1, 0.15) is 38.2 Å². The number of aryl methyl sites for hydroxylation is 1. The molecule has 0 spiro atoms. The fraction of sp³-hybridized carbons (Fsp3) is 0.462. The Morgan fingerprint density at radius 2 is 2.12 bits per heavy atom. The van der Waals surface area contributed by atoms with Crippen LogP contribution in [0.25, 0.3) is 0 Å². The molecule has 0 aliphatic heterocycles. The van der Waals surface area contributed by atoms with Crippen molar-refractivity contribution in [2.45, 2.75) is 39.5 Å². The van der Waals surface area contributed by atoms with E-state index < -0.39 is 0 Å². The fourth-order valence-electron chi connectivity index (χ4n) is 1.52. The highest BCUT2D eigenvalue weighted by molar-refractivity contribution is 5.91. The molecule has 1 aromatic carbocycles. The minimum atomic E-state index is -0.276. The van der Waals surface area contributed by atoms with Gasteiger partial charge < -0.3 is 5.32 Å². The van der Waals surface area contributed by atoms with E-state index in [1.807, 2.05) is 0 Å². The third-order valence-electron chi connectivity index (χ3n) is 2.47. The van der Waals surface area contributed by atoms with Crippen molar-refractivity contribution in [3.8, 4) is 0 Å². The van der Waals surface area contributed by atoms with Crippen LogP contribution in [0.3, 0.4) is 0 Å². The van der Waals surface area contributed by atoms with Crippen molar-refractivity contribution in [3.05, 3.63) is 29.6 Å². The normalized spacial score (nSPS) is 10.2. The van der Waals surface area contributed by atoms with E-state index in [0.717, 1.165) is 24.8 Å². The van der Waals surface area contributed by atoms with Gasteiger partial charge in [-0.3, -0.25) is 4.79 Å². The first-order chi connectivity index (χ1) is 7.63. The van der Waals surface area contributed by atoms with Gasteiger partial charge in [0.25, 0.3) is 0 Å². The van der Waals surface area contributed by atoms with Crippen molar-refractivity contribution < 1.29 is 9.18 Å². The maximum absolute atomic E-state index is 12.8. The van der Waals surface area contributed by atoms with E-state index in [-0.39, 0.29) is 11.7 Å². The largest absolute Gasteiger partial charge is 0.326 e. The summed E-state index contributed by atoms with van der Waals surface area (Å²) < 4.78 is 12.8. The second kappa shape index (κ2) is 6.26. The summed E-state index contributed by atoms with van der Waals surface area (Å²) in [5, 5.41) is 2.79. The minimum Gasteiger partial charge on any atom is -0.326 e. The van der Waals surface area contributed by atoms with Gasteiger partial charge in [0.05, 0.1) is 0 Å². The van der Waals surface area contributed by atoms with Crippen molar-refractivity contribution in [1.29, 1.82) is 0 Å². The molecule has 88 valence electrons. The Kier molecular flexibility index (Phi) is 4.96. The maximum Gasteiger partial charge on any atom is 0.224 e. The van der Waals surface area contributed by atoms with E-state index in [2.05, 4.69) is 12.2 Å². The highest BCUT2D eigenvalue weighted by atomic mass is 19.1. The standard InChI is InChI=1S/C13H18FNO/c1-3-4-5-6-13(16)15-12-8-7-11(14)9-10(12)2/h7-9H,3-6H2,1-2H3,(H,15,16). The summed E-state index contributed by atoms with van der Waals surface area (Å²) in [6.45, 7) is 3.88. The highest BCUT2D eigenvalue weighted by Gasteiger charge is 2.04. The van der Waals surface area contributed by atoms with E-state index >= 15 is 0 Å². The zero-order valence-corrected chi connectivity index (χ0v) is 9.85. The van der Waals surface area contributed by atoms with E-state index in [9.17, 15) is 9.18 Å². The first-order valence-electron chi connectivity index (χ1n) is 5.69. The molecule has 0 aliphatic carbocycles. The van der Waals surface area contributed by atoms with Gasteiger partial charge in [0, 0.05) is 12.1 Å². The lowest BCUT2D eigenvalue weighted by Crippen LogP contribution is -2.12. The Balaban J connectivity index is 2.49. The number of benzene rings is 1. The van der Waals surface area contributed by atoms with Crippen LogP contribution in [0.2, 0.25) is 0 Å². The van der Waals surface area contributed by atoms with Gasteiger partial charge in [0.1, 0.15) is 5.82 Å². The molecule has 2 nitrogen and oxygen atoms in total. The van der Waals surface area contributed by atoms with Crippen LogP contribution in [0.15, 0.2) is 18.2 Å². The molecule has 0 saturated carbocycles. The predicted molar refractivity (Wildman–Crippen MR) is 63.9 cm³/mol. The lowest BCUT2D eigenvalue weighted by molar-refractivity contribution is -0.116. The smallest absolute Gasteiger partial charge is 0.224 e. The van der Waals surface area contributed by atoms with E-state index in [4.69, 9.17) is 0 Å². The molecule has 0 atom stereocenters. The maximum atomic E-state index is 12.8. The molecule has 0 bridgehead atoms. The average molecular weight is 223 g/mol. The zero-order valence-electron chi connectivity index (χ0n) is 9.85. The summed E-state index contributed by atoms with van der Waals surface area (Å²) in [7, 11) is 0. The monoisotopic (exact) mass is 223 g/mol. The summed E-state index contributed by atoms with van der Waals surface area (Å²) in [5.41, 5.74) is 1.45. The predicted octanol–water partition coefficient (Wildman–Crippen LogP) is 3.65. The number of hydrogen-bond acceptors (Lipinski definition) is 1. The quantitative estimate of drug-likeness (QED) is 0.758. The Morgan fingerprint density at radius 1 is 1.38 bits per heavy atom. The lowest BCUT2D eigenvalue weighted by Gasteiger charge is -2.08. The molecule has 0 radical (unpaired) electrons. The van der Waals surface area contributed by atoms with Crippen LogP contribution in [0.4, 0.5) is 10.1 Å². The Labute approximate surface area is 95.9 Å². The van der Waals surface area contributed by atoms with E-state index in [1.54, 1.807) is 13.0 Å². The number of amides is 1. The first kappa shape index (κ1) is 12.7. The number of halogens is 1. The van der Waals surface area contributed by atoms with Gasteiger partial charge in [-0.15, -0.1) is 0 Å². The third kappa shape index (κ3) is 4.01. The van der Waals surface area contributed by atoms with Crippen LogP contribution in [-0.2, 0) is 4.79 Å². The molecule has 0 heterocycles. The van der Waals surface area contributed by atoms with Gasteiger partial charge in [0.15, 0.2) is 0 Å². The summed E-state index contributed by atoms with van der Waals surface area (Å²) in [5.74, 6) is -0.273. The summed E-state index contributed by atoms with van der Waals surface area (Å²) in [6, 6.07) is 4.37. The molecule has 0 saturated heterocycles. The van der Waals surface area contributed by atoms with Crippen molar-refractivity contribution in [3.63, 3.8) is 0 Å². The van der Waals surface area contributed by atoms with Crippen molar-refractivity contribution in [2.75, 3.05) is 5.32 Å². The number of carbonyl (C=O) groups excluding carboxylic acids is 1. The molecule has 1 rings (SSSR count). The Hall–Kier alpha value is -1.38. The second-order valence-corrected chi connectivity index (χ2v) is 3.96. The minimum absolute atomic E-state index is 0.00292. The van der Waals surface area contributed by atoms with Crippen LogP contribution in [0.5, 0.6) is 0 Å². The average Bonchev–Trinajstić information content (AvgIpc) is 2.23. The van der Waals surface area contributed by atoms with Gasteiger partial charge in [-0.1, -0.05) is 19.8 Å². The second-order valence-electron chi connectivity index (χ2n) is 3.96. The van der Waals surface area contributed by atoms with Gasteiger partial charge in [-0.25, -0.2) is 4.39 Å². The van der Waals surface area contributed by atoms with Crippen LogP contribution >= 0.6 is 0 Å². The number of unbranched alkanes of at least 4 members (excludes halogenated alkanes) is 2. The number of rotatable bonds is 5. The molecule has 0 aromatic heterocycles. The van der Waals surface area contributed by atoms with E-state index in [1.165, 1.54) is 12.1 Å². The van der Waals surface area contributed by atoms with Gasteiger partial charge >= 0.3 is 0 Å². The molecule has 0 aliphatic rings. The van der Waals surface area contributed by atoms with Crippen LogP contribution < -0.4 is 5.32 Å². The fourth-order valence-corrected chi connectivity index (χ4v) is 1.52. The molecule has 0 unspecified atom stereocenters. The van der Waals surface area contributed by atoms with Crippen molar-refractivity contribution >= 4 is 11.6 Å². The molecular formula is C13H18FNO. The molecular weight excluding hydrogens is 205 g/mol. The van der Waals surface area contributed by atoms with Gasteiger partial charge in [0.2, 0.25) is 5.91 Å². The van der Waals surface area contributed by atoms with Crippen molar-refractivity contribution in [1.82, 2.24) is 0 Å². The number of nitrogens with one attached hydrogen (secondary N) is 1. The molecule has 16 heavy (non-hydrogen) atoms. The summed E-state index contributed by atoms with van der Waals surface area (Å²) in [6.07, 6.45) is 3.60. The summed E-state index contributed by atoms with van der Waals surface area (Å²) in [4.78, 5) is 11.5.